The third kappa shape index (κ3) is 1.72. The van der Waals surface area contributed by atoms with E-state index in [0.717, 1.165) is 12.1 Å². The third-order valence-electron chi connectivity index (χ3n) is 1.99. The lowest BCUT2D eigenvalue weighted by atomic mass is 10.1. The zero-order valence-electron chi connectivity index (χ0n) is 7.86. The summed E-state index contributed by atoms with van der Waals surface area (Å²) in [5.74, 6) is -1.23. The number of carboxylic acids is 1. The van der Waals surface area contributed by atoms with Gasteiger partial charge < -0.3 is 14.5 Å². The van der Waals surface area contributed by atoms with Crippen LogP contribution in [0.4, 0.5) is 4.39 Å². The number of hydrogen-bond donors (Lipinski definition) is 2. The van der Waals surface area contributed by atoms with Crippen LogP contribution in [0.5, 0.6) is 0 Å². The standard InChI is InChI=1S/C10H6FNO4/c11-8-2-1-7(16-8)6-4-12-9(13)3-5(6)10(14)15/h1-4H,(H,12,13)(H,14,15). The van der Waals surface area contributed by atoms with Crippen LogP contribution in [0.3, 0.4) is 0 Å². The van der Waals surface area contributed by atoms with Gasteiger partial charge in [0.15, 0.2) is 0 Å². The van der Waals surface area contributed by atoms with Crippen molar-refractivity contribution in [1.82, 2.24) is 4.98 Å². The Morgan fingerprint density at radius 3 is 2.75 bits per heavy atom. The summed E-state index contributed by atoms with van der Waals surface area (Å²) in [5, 5.41) is 8.87. The molecule has 82 valence electrons. The van der Waals surface area contributed by atoms with Crippen LogP contribution in [0.1, 0.15) is 10.4 Å². The average molecular weight is 223 g/mol. The maximum absolute atomic E-state index is 12.6. The van der Waals surface area contributed by atoms with E-state index in [1.807, 2.05) is 0 Å². The van der Waals surface area contributed by atoms with Gasteiger partial charge in [-0.25, -0.2) is 4.79 Å². The second kappa shape index (κ2) is 3.65. The monoisotopic (exact) mass is 223 g/mol. The molecule has 0 spiro atoms. The lowest BCUT2D eigenvalue weighted by Crippen LogP contribution is -2.10. The SMILES string of the molecule is O=C(O)c1cc(=O)[nH]cc1-c1ccc(F)o1. The predicted octanol–water partition coefficient (Wildman–Crippen LogP) is 1.47. The molecular formula is C10H6FNO4. The number of rotatable bonds is 2. The number of carboxylic acid groups (broad SMARTS) is 1. The highest BCUT2D eigenvalue weighted by Gasteiger charge is 2.15. The summed E-state index contributed by atoms with van der Waals surface area (Å²) in [6, 6.07) is 2.44. The second-order valence-corrected chi connectivity index (χ2v) is 3.03. The maximum Gasteiger partial charge on any atom is 0.336 e. The Balaban J connectivity index is 2.65. The van der Waals surface area contributed by atoms with Crippen molar-refractivity contribution < 1.29 is 18.7 Å². The molecule has 2 N–H and O–H groups in total. The summed E-state index contributed by atoms with van der Waals surface area (Å²) in [5.41, 5.74) is -0.665. The molecule has 0 aliphatic carbocycles. The molecule has 0 saturated carbocycles. The molecule has 2 aromatic heterocycles. The number of aromatic carboxylic acids is 1. The molecule has 2 aromatic rings. The number of carbonyl (C=O) groups is 1. The number of hydrogen-bond acceptors (Lipinski definition) is 3. The van der Waals surface area contributed by atoms with Gasteiger partial charge in [-0.05, 0) is 6.07 Å². The summed E-state index contributed by atoms with van der Waals surface area (Å²) in [6.07, 6.45) is 1.17. The van der Waals surface area contributed by atoms with Gasteiger partial charge in [0, 0.05) is 23.9 Å². The summed E-state index contributed by atoms with van der Waals surface area (Å²) >= 11 is 0. The van der Waals surface area contributed by atoms with Crippen molar-refractivity contribution in [3.63, 3.8) is 0 Å². The van der Waals surface area contributed by atoms with Crippen LogP contribution >= 0.6 is 0 Å². The first-order valence-corrected chi connectivity index (χ1v) is 4.29. The van der Waals surface area contributed by atoms with E-state index in [1.165, 1.54) is 12.3 Å². The molecule has 0 aliphatic heterocycles. The number of H-pyrrole nitrogens is 1. The molecule has 2 rings (SSSR count). The van der Waals surface area contributed by atoms with Crippen molar-refractivity contribution in [2.24, 2.45) is 0 Å². The lowest BCUT2D eigenvalue weighted by Gasteiger charge is -2.00. The smallest absolute Gasteiger partial charge is 0.336 e. The van der Waals surface area contributed by atoms with Gasteiger partial charge in [0.2, 0.25) is 5.56 Å². The van der Waals surface area contributed by atoms with Crippen molar-refractivity contribution in [1.29, 1.82) is 0 Å². The van der Waals surface area contributed by atoms with Crippen LogP contribution in [0.2, 0.25) is 0 Å². The summed E-state index contributed by atoms with van der Waals surface area (Å²) < 4.78 is 17.3. The lowest BCUT2D eigenvalue weighted by molar-refractivity contribution is 0.0697. The van der Waals surface area contributed by atoms with Crippen molar-refractivity contribution in [2.75, 3.05) is 0 Å². The van der Waals surface area contributed by atoms with Crippen molar-refractivity contribution in [3.05, 3.63) is 46.3 Å². The van der Waals surface area contributed by atoms with E-state index in [1.54, 1.807) is 0 Å². The van der Waals surface area contributed by atoms with E-state index in [2.05, 4.69) is 9.40 Å². The average Bonchev–Trinajstić information content (AvgIpc) is 2.64. The van der Waals surface area contributed by atoms with Gasteiger partial charge in [-0.3, -0.25) is 4.79 Å². The molecule has 0 aromatic carbocycles. The minimum atomic E-state index is -1.28. The molecule has 0 atom stereocenters. The largest absolute Gasteiger partial charge is 0.478 e. The van der Waals surface area contributed by atoms with Gasteiger partial charge in [-0.1, -0.05) is 0 Å². The fourth-order valence-electron chi connectivity index (χ4n) is 1.31. The minimum Gasteiger partial charge on any atom is -0.478 e. The van der Waals surface area contributed by atoms with E-state index < -0.39 is 17.5 Å². The van der Waals surface area contributed by atoms with Gasteiger partial charge >= 0.3 is 5.97 Å². The molecule has 0 fully saturated rings. The number of furan rings is 1. The first-order valence-electron chi connectivity index (χ1n) is 4.29. The molecule has 2 heterocycles. The van der Waals surface area contributed by atoms with E-state index >= 15 is 0 Å². The highest BCUT2D eigenvalue weighted by molar-refractivity contribution is 5.94. The molecule has 6 heteroatoms. The summed E-state index contributed by atoms with van der Waals surface area (Å²) in [4.78, 5) is 24.1. The van der Waals surface area contributed by atoms with E-state index in [0.29, 0.717) is 0 Å². The minimum absolute atomic E-state index is 0.0474. The quantitative estimate of drug-likeness (QED) is 0.807. The van der Waals surface area contributed by atoms with Crippen LogP contribution in [-0.2, 0) is 0 Å². The summed E-state index contributed by atoms with van der Waals surface area (Å²) in [6.45, 7) is 0. The summed E-state index contributed by atoms with van der Waals surface area (Å²) in [7, 11) is 0. The van der Waals surface area contributed by atoms with Crippen LogP contribution in [0.25, 0.3) is 11.3 Å². The van der Waals surface area contributed by atoms with Crippen molar-refractivity contribution in [2.45, 2.75) is 0 Å². The predicted molar refractivity (Wildman–Crippen MR) is 51.7 cm³/mol. The molecule has 0 amide bonds. The highest BCUT2D eigenvalue weighted by atomic mass is 19.1. The molecule has 0 radical (unpaired) electrons. The van der Waals surface area contributed by atoms with Crippen molar-refractivity contribution in [3.8, 4) is 11.3 Å². The van der Waals surface area contributed by atoms with Gasteiger partial charge in [-0.15, -0.1) is 0 Å². The molecule has 0 bridgehead atoms. The maximum atomic E-state index is 12.6. The van der Waals surface area contributed by atoms with E-state index in [-0.39, 0.29) is 16.9 Å². The Kier molecular flexibility index (Phi) is 2.32. The Bertz CT molecular complexity index is 599. The second-order valence-electron chi connectivity index (χ2n) is 3.03. The zero-order chi connectivity index (χ0) is 11.7. The molecule has 5 nitrogen and oxygen atoms in total. The Morgan fingerprint density at radius 1 is 1.44 bits per heavy atom. The first kappa shape index (κ1) is 10.2. The Labute approximate surface area is 88.2 Å². The zero-order valence-corrected chi connectivity index (χ0v) is 7.86. The van der Waals surface area contributed by atoms with Gasteiger partial charge in [-0.2, -0.15) is 4.39 Å². The number of aromatic amines is 1. The molecular weight excluding hydrogens is 217 g/mol. The number of halogens is 1. The number of aromatic nitrogens is 1. The Morgan fingerprint density at radius 2 is 2.19 bits per heavy atom. The fourth-order valence-corrected chi connectivity index (χ4v) is 1.31. The normalized spacial score (nSPS) is 10.3. The van der Waals surface area contributed by atoms with Gasteiger partial charge in [0.25, 0.3) is 6.01 Å². The topological polar surface area (TPSA) is 83.3 Å². The van der Waals surface area contributed by atoms with Crippen LogP contribution < -0.4 is 5.56 Å². The van der Waals surface area contributed by atoms with Crippen LogP contribution in [-0.4, -0.2) is 16.1 Å². The van der Waals surface area contributed by atoms with E-state index in [4.69, 9.17) is 5.11 Å². The van der Waals surface area contributed by atoms with Gasteiger partial charge in [0.1, 0.15) is 5.76 Å². The van der Waals surface area contributed by atoms with E-state index in [9.17, 15) is 14.0 Å². The molecule has 16 heavy (non-hydrogen) atoms. The van der Waals surface area contributed by atoms with Crippen LogP contribution in [0.15, 0.2) is 33.6 Å². The number of nitrogens with one attached hydrogen (secondary N) is 1. The molecule has 0 unspecified atom stereocenters. The third-order valence-corrected chi connectivity index (χ3v) is 1.99. The van der Waals surface area contributed by atoms with Gasteiger partial charge in [0.05, 0.1) is 5.56 Å². The van der Waals surface area contributed by atoms with Crippen molar-refractivity contribution >= 4 is 5.97 Å². The Hall–Kier alpha value is -2.37. The molecule has 0 saturated heterocycles. The number of pyridine rings is 1. The van der Waals surface area contributed by atoms with Crippen LogP contribution in [0, 0.1) is 6.01 Å². The highest BCUT2D eigenvalue weighted by Crippen LogP contribution is 2.23. The fraction of sp³-hybridized carbons (Fsp3) is 0. The first-order chi connectivity index (χ1) is 7.58. The molecule has 0 aliphatic rings.